The van der Waals surface area contributed by atoms with E-state index in [0.717, 1.165) is 17.5 Å². The van der Waals surface area contributed by atoms with Gasteiger partial charge >= 0.3 is 5.97 Å². The number of fused-ring (bicyclic) bond motifs is 1. The highest BCUT2D eigenvalue weighted by Gasteiger charge is 2.11. The summed E-state index contributed by atoms with van der Waals surface area (Å²) in [4.78, 5) is 17.8. The standard InChI is InChI=1S/C14H18N2O2/c1-3-4-5-6-10-8-12-11(7-9(10)2)15-13(16-12)14(17)18/h7-8H,3-6H2,1-2H3,(H,15,16)(H,17,18). The van der Waals surface area contributed by atoms with Crippen LogP contribution in [0.1, 0.15) is 47.9 Å². The van der Waals surface area contributed by atoms with E-state index in [0.29, 0.717) is 0 Å². The van der Waals surface area contributed by atoms with Crippen molar-refractivity contribution in [3.8, 4) is 0 Å². The Bertz CT molecular complexity index is 572. The van der Waals surface area contributed by atoms with E-state index < -0.39 is 5.97 Å². The van der Waals surface area contributed by atoms with Crippen molar-refractivity contribution < 1.29 is 9.90 Å². The molecule has 0 amide bonds. The van der Waals surface area contributed by atoms with Crippen molar-refractivity contribution in [2.75, 3.05) is 0 Å². The molecule has 2 rings (SSSR count). The Balaban J connectivity index is 2.32. The van der Waals surface area contributed by atoms with Gasteiger partial charge in [-0.2, -0.15) is 0 Å². The van der Waals surface area contributed by atoms with Gasteiger partial charge in [-0.1, -0.05) is 19.8 Å². The number of H-pyrrole nitrogens is 1. The Morgan fingerprint density at radius 3 is 2.83 bits per heavy atom. The van der Waals surface area contributed by atoms with Crippen LogP contribution in [0.4, 0.5) is 0 Å². The molecule has 4 heteroatoms. The zero-order valence-electron chi connectivity index (χ0n) is 10.8. The lowest BCUT2D eigenvalue weighted by atomic mass is 10.0. The van der Waals surface area contributed by atoms with Gasteiger partial charge in [-0.25, -0.2) is 9.78 Å². The summed E-state index contributed by atoms with van der Waals surface area (Å²) >= 11 is 0. The van der Waals surface area contributed by atoms with Gasteiger partial charge < -0.3 is 10.1 Å². The van der Waals surface area contributed by atoms with E-state index in [9.17, 15) is 4.79 Å². The van der Waals surface area contributed by atoms with Crippen LogP contribution in [0, 0.1) is 6.92 Å². The first-order valence-corrected chi connectivity index (χ1v) is 6.34. The molecule has 4 nitrogen and oxygen atoms in total. The van der Waals surface area contributed by atoms with Crippen LogP contribution in [0.15, 0.2) is 12.1 Å². The molecule has 0 bridgehead atoms. The fourth-order valence-corrected chi connectivity index (χ4v) is 2.14. The van der Waals surface area contributed by atoms with Gasteiger partial charge in [-0.05, 0) is 43.0 Å². The lowest BCUT2D eigenvalue weighted by Crippen LogP contribution is -1.97. The average Bonchev–Trinajstić information content (AvgIpc) is 2.72. The normalized spacial score (nSPS) is 11.0. The molecule has 0 atom stereocenters. The molecule has 0 radical (unpaired) electrons. The van der Waals surface area contributed by atoms with E-state index in [4.69, 9.17) is 5.11 Å². The highest BCUT2D eigenvalue weighted by molar-refractivity contribution is 5.89. The lowest BCUT2D eigenvalue weighted by molar-refractivity contribution is 0.0685. The third-order valence-electron chi connectivity index (χ3n) is 3.19. The maximum atomic E-state index is 10.9. The lowest BCUT2D eigenvalue weighted by Gasteiger charge is -2.05. The van der Waals surface area contributed by atoms with Gasteiger partial charge in [0.1, 0.15) is 0 Å². The van der Waals surface area contributed by atoms with Gasteiger partial charge in [-0.15, -0.1) is 0 Å². The molecule has 0 aliphatic heterocycles. The Hall–Kier alpha value is -1.84. The van der Waals surface area contributed by atoms with E-state index in [2.05, 4.69) is 23.8 Å². The van der Waals surface area contributed by atoms with Crippen molar-refractivity contribution in [2.24, 2.45) is 0 Å². The van der Waals surface area contributed by atoms with Crippen LogP contribution in [-0.4, -0.2) is 21.0 Å². The summed E-state index contributed by atoms with van der Waals surface area (Å²) in [5, 5.41) is 8.90. The number of benzene rings is 1. The van der Waals surface area contributed by atoms with E-state index in [1.807, 2.05) is 12.1 Å². The minimum atomic E-state index is -1.02. The third-order valence-corrected chi connectivity index (χ3v) is 3.19. The second-order valence-electron chi connectivity index (χ2n) is 4.64. The number of hydrogen-bond donors (Lipinski definition) is 2. The Morgan fingerprint density at radius 1 is 1.39 bits per heavy atom. The molecule has 0 aliphatic carbocycles. The van der Waals surface area contributed by atoms with Crippen molar-refractivity contribution in [2.45, 2.75) is 39.5 Å². The smallest absolute Gasteiger partial charge is 0.371 e. The molecule has 1 heterocycles. The van der Waals surface area contributed by atoms with Gasteiger partial charge in [-0.3, -0.25) is 0 Å². The monoisotopic (exact) mass is 246 g/mol. The Kier molecular flexibility index (Phi) is 3.65. The van der Waals surface area contributed by atoms with Crippen molar-refractivity contribution >= 4 is 17.0 Å². The molecule has 2 aromatic rings. The first-order valence-electron chi connectivity index (χ1n) is 6.34. The maximum absolute atomic E-state index is 10.9. The topological polar surface area (TPSA) is 66.0 Å². The number of aromatic nitrogens is 2. The summed E-state index contributed by atoms with van der Waals surface area (Å²) in [6.07, 6.45) is 4.62. The Labute approximate surface area is 106 Å². The number of carbonyl (C=O) groups is 1. The number of nitrogens with one attached hydrogen (secondary N) is 1. The summed E-state index contributed by atoms with van der Waals surface area (Å²) in [5.74, 6) is -1.01. The first kappa shape index (κ1) is 12.6. The third kappa shape index (κ3) is 2.53. The fraction of sp³-hybridized carbons (Fsp3) is 0.429. The molecule has 0 fully saturated rings. The number of rotatable bonds is 5. The molecule has 0 unspecified atom stereocenters. The van der Waals surface area contributed by atoms with Gasteiger partial charge in [0.2, 0.25) is 5.82 Å². The predicted molar refractivity (Wildman–Crippen MR) is 71.0 cm³/mol. The summed E-state index contributed by atoms with van der Waals surface area (Å²) < 4.78 is 0. The quantitative estimate of drug-likeness (QED) is 0.795. The number of unbranched alkanes of at least 4 members (excludes halogenated alkanes) is 2. The molecule has 0 spiro atoms. The highest BCUT2D eigenvalue weighted by atomic mass is 16.4. The summed E-state index contributed by atoms with van der Waals surface area (Å²) in [7, 11) is 0. The van der Waals surface area contributed by atoms with Gasteiger partial charge in [0.15, 0.2) is 0 Å². The summed E-state index contributed by atoms with van der Waals surface area (Å²) in [5.41, 5.74) is 3.99. The first-order chi connectivity index (χ1) is 8.61. The van der Waals surface area contributed by atoms with Crippen LogP contribution in [-0.2, 0) is 6.42 Å². The zero-order chi connectivity index (χ0) is 13.1. The number of aromatic amines is 1. The molecule has 18 heavy (non-hydrogen) atoms. The number of aryl methyl sites for hydroxylation is 2. The molecule has 0 saturated carbocycles. The fourth-order valence-electron chi connectivity index (χ4n) is 2.14. The maximum Gasteiger partial charge on any atom is 0.371 e. The predicted octanol–water partition coefficient (Wildman–Crippen LogP) is 3.30. The van der Waals surface area contributed by atoms with Gasteiger partial charge in [0, 0.05) is 0 Å². The number of carboxylic acids is 1. The summed E-state index contributed by atoms with van der Waals surface area (Å²) in [6, 6.07) is 3.99. The molecular formula is C14H18N2O2. The molecule has 0 aliphatic rings. The number of nitrogens with zero attached hydrogens (tertiary/aromatic N) is 1. The number of carboxylic acid groups (broad SMARTS) is 1. The Morgan fingerprint density at radius 2 is 2.17 bits per heavy atom. The molecule has 0 saturated heterocycles. The van der Waals surface area contributed by atoms with E-state index in [1.54, 1.807) is 0 Å². The molecule has 2 N–H and O–H groups in total. The van der Waals surface area contributed by atoms with Crippen molar-refractivity contribution in [3.63, 3.8) is 0 Å². The minimum Gasteiger partial charge on any atom is -0.475 e. The number of imidazole rings is 1. The number of aromatic carboxylic acids is 1. The van der Waals surface area contributed by atoms with Crippen molar-refractivity contribution in [3.05, 3.63) is 29.1 Å². The van der Waals surface area contributed by atoms with Crippen LogP contribution in [0.2, 0.25) is 0 Å². The van der Waals surface area contributed by atoms with Crippen molar-refractivity contribution in [1.29, 1.82) is 0 Å². The zero-order valence-corrected chi connectivity index (χ0v) is 10.8. The van der Waals surface area contributed by atoms with E-state index in [1.165, 1.54) is 30.4 Å². The van der Waals surface area contributed by atoms with Crippen LogP contribution < -0.4 is 0 Å². The molecule has 96 valence electrons. The molecular weight excluding hydrogens is 228 g/mol. The minimum absolute atomic E-state index is 0.00936. The average molecular weight is 246 g/mol. The number of hydrogen-bond acceptors (Lipinski definition) is 2. The highest BCUT2D eigenvalue weighted by Crippen LogP contribution is 2.20. The molecule has 1 aromatic heterocycles. The largest absolute Gasteiger partial charge is 0.475 e. The summed E-state index contributed by atoms with van der Waals surface area (Å²) in [6.45, 7) is 4.24. The van der Waals surface area contributed by atoms with E-state index in [-0.39, 0.29) is 5.82 Å². The van der Waals surface area contributed by atoms with Crippen LogP contribution in [0.3, 0.4) is 0 Å². The second-order valence-corrected chi connectivity index (χ2v) is 4.64. The molecule has 1 aromatic carbocycles. The van der Waals surface area contributed by atoms with Crippen LogP contribution in [0.5, 0.6) is 0 Å². The van der Waals surface area contributed by atoms with Crippen LogP contribution >= 0.6 is 0 Å². The van der Waals surface area contributed by atoms with Gasteiger partial charge in [0.05, 0.1) is 11.0 Å². The SMILES string of the molecule is CCCCCc1cc2nc(C(=O)O)[nH]c2cc1C. The van der Waals surface area contributed by atoms with Crippen LogP contribution in [0.25, 0.3) is 11.0 Å². The van der Waals surface area contributed by atoms with Crippen molar-refractivity contribution in [1.82, 2.24) is 9.97 Å². The second kappa shape index (κ2) is 5.21. The van der Waals surface area contributed by atoms with Gasteiger partial charge in [0.25, 0.3) is 0 Å². The van der Waals surface area contributed by atoms with E-state index >= 15 is 0 Å².